The highest BCUT2D eigenvalue weighted by atomic mass is 32.2. The number of anilines is 1. The van der Waals surface area contributed by atoms with Crippen LogP contribution in [-0.4, -0.2) is 35.9 Å². The Bertz CT molecular complexity index is 1340. The zero-order valence-electron chi connectivity index (χ0n) is 21.3. The third-order valence-electron chi connectivity index (χ3n) is 6.22. The molecule has 1 unspecified atom stereocenters. The molecule has 3 aromatic carbocycles. The maximum atomic E-state index is 14.1. The molecule has 1 amide bonds. The monoisotopic (exact) mass is 527 g/mol. The van der Waals surface area contributed by atoms with Crippen molar-refractivity contribution in [3.05, 3.63) is 115 Å². The molecule has 1 aromatic heterocycles. The number of esters is 1. The molecule has 0 spiro atoms. The van der Waals surface area contributed by atoms with E-state index in [0.29, 0.717) is 17.0 Å². The molecule has 0 bridgehead atoms. The number of carbonyl (C=O) groups excluding carboxylic acids is 3. The zero-order chi connectivity index (χ0) is 26.9. The molecule has 0 aliphatic rings. The minimum atomic E-state index is -0.871. The van der Waals surface area contributed by atoms with E-state index in [1.165, 1.54) is 12.0 Å². The van der Waals surface area contributed by atoms with E-state index in [-0.39, 0.29) is 23.2 Å². The van der Waals surface area contributed by atoms with Crippen molar-refractivity contribution >= 4 is 34.4 Å². The molecule has 0 N–H and O–H groups in total. The summed E-state index contributed by atoms with van der Waals surface area (Å²) < 4.78 is 10.5. The molecule has 6 nitrogen and oxygen atoms in total. The van der Waals surface area contributed by atoms with Gasteiger partial charge in [0.2, 0.25) is 11.0 Å². The van der Waals surface area contributed by atoms with E-state index in [1.807, 2.05) is 60.7 Å². The lowest BCUT2D eigenvalue weighted by Gasteiger charge is -2.31. The van der Waals surface area contributed by atoms with Crippen LogP contribution in [0.5, 0.6) is 0 Å². The fraction of sp³-hybridized carbons (Fsp3) is 0.194. The standard InChI is InChI=1S/C31H29NO5S/c1-22(30(34)36-2)32(27-17-15-24(16-18-27)23-10-5-3-6-11-23)29(33)26(20-28-14-9-19-37-28)21-38-31(35)25-12-7-4-8-13-25/h3-19,22,26H,20-21H2,1-2H3/t22-,26?/m0/s1. The first-order chi connectivity index (χ1) is 18.5. The quantitative estimate of drug-likeness (QED) is 0.226. The molecule has 0 saturated carbocycles. The Kier molecular flexibility index (Phi) is 9.16. The Morgan fingerprint density at radius 1 is 0.842 bits per heavy atom. The lowest BCUT2D eigenvalue weighted by molar-refractivity contribution is -0.143. The van der Waals surface area contributed by atoms with E-state index in [0.717, 1.165) is 22.9 Å². The van der Waals surface area contributed by atoms with Gasteiger partial charge in [-0.15, -0.1) is 0 Å². The second kappa shape index (κ2) is 12.9. The number of furan rings is 1. The van der Waals surface area contributed by atoms with Crippen LogP contribution in [0.4, 0.5) is 5.69 Å². The number of nitrogens with zero attached hydrogens (tertiary/aromatic N) is 1. The van der Waals surface area contributed by atoms with Gasteiger partial charge >= 0.3 is 5.97 Å². The fourth-order valence-corrected chi connectivity index (χ4v) is 5.10. The average Bonchev–Trinajstić information content (AvgIpc) is 3.49. The van der Waals surface area contributed by atoms with Crippen molar-refractivity contribution in [2.75, 3.05) is 17.8 Å². The van der Waals surface area contributed by atoms with Gasteiger partial charge in [0.25, 0.3) is 0 Å². The summed E-state index contributed by atoms with van der Waals surface area (Å²) in [5, 5.41) is -0.123. The average molecular weight is 528 g/mol. The van der Waals surface area contributed by atoms with Crippen LogP contribution in [0.1, 0.15) is 23.0 Å². The third-order valence-corrected chi connectivity index (χ3v) is 7.29. The molecule has 1 heterocycles. The van der Waals surface area contributed by atoms with Crippen molar-refractivity contribution in [1.82, 2.24) is 0 Å². The van der Waals surface area contributed by atoms with Gasteiger partial charge in [-0.2, -0.15) is 0 Å². The summed E-state index contributed by atoms with van der Waals surface area (Å²) in [5.74, 6) is -0.601. The molecular weight excluding hydrogens is 498 g/mol. The van der Waals surface area contributed by atoms with E-state index in [4.69, 9.17) is 9.15 Å². The largest absolute Gasteiger partial charge is 0.469 e. The Hall–Kier alpha value is -4.10. The molecular formula is C31H29NO5S. The Labute approximate surface area is 226 Å². The minimum Gasteiger partial charge on any atom is -0.469 e. The van der Waals surface area contributed by atoms with Crippen LogP contribution in [0, 0.1) is 5.92 Å². The van der Waals surface area contributed by atoms with Crippen molar-refractivity contribution in [2.24, 2.45) is 5.92 Å². The second-order valence-electron chi connectivity index (χ2n) is 8.77. The minimum absolute atomic E-state index is 0.123. The van der Waals surface area contributed by atoms with Gasteiger partial charge in [-0.1, -0.05) is 84.6 Å². The van der Waals surface area contributed by atoms with Crippen LogP contribution in [0.3, 0.4) is 0 Å². The van der Waals surface area contributed by atoms with E-state index in [9.17, 15) is 14.4 Å². The van der Waals surface area contributed by atoms with Gasteiger partial charge in [0.1, 0.15) is 11.8 Å². The number of rotatable bonds is 10. The van der Waals surface area contributed by atoms with Crippen LogP contribution in [-0.2, 0) is 20.7 Å². The normalized spacial score (nSPS) is 12.4. The van der Waals surface area contributed by atoms with E-state index < -0.39 is 17.9 Å². The van der Waals surface area contributed by atoms with E-state index in [2.05, 4.69) is 0 Å². The van der Waals surface area contributed by atoms with Gasteiger partial charge in [-0.3, -0.25) is 14.5 Å². The molecule has 2 atom stereocenters. The molecule has 0 fully saturated rings. The highest BCUT2D eigenvalue weighted by molar-refractivity contribution is 8.14. The molecule has 4 rings (SSSR count). The Morgan fingerprint density at radius 2 is 1.47 bits per heavy atom. The number of ether oxygens (including phenoxy) is 1. The van der Waals surface area contributed by atoms with Crippen LogP contribution < -0.4 is 4.90 Å². The summed E-state index contributed by atoms with van der Waals surface area (Å²) >= 11 is 1.08. The lowest BCUT2D eigenvalue weighted by Crippen LogP contribution is -2.47. The smallest absolute Gasteiger partial charge is 0.328 e. The fourth-order valence-electron chi connectivity index (χ4n) is 4.18. The number of thioether (sulfide) groups is 1. The molecule has 0 saturated heterocycles. The molecule has 7 heteroatoms. The zero-order valence-corrected chi connectivity index (χ0v) is 22.1. The van der Waals surface area contributed by atoms with Gasteiger partial charge in [0.05, 0.1) is 19.3 Å². The number of benzene rings is 3. The van der Waals surface area contributed by atoms with Crippen molar-refractivity contribution in [3.8, 4) is 11.1 Å². The molecule has 0 aliphatic carbocycles. The number of amides is 1. The number of hydrogen-bond acceptors (Lipinski definition) is 6. The van der Waals surface area contributed by atoms with Crippen LogP contribution in [0.15, 0.2) is 108 Å². The number of methoxy groups -OCH3 is 1. The summed E-state index contributed by atoms with van der Waals surface area (Å²) in [6.07, 6.45) is 1.84. The molecule has 38 heavy (non-hydrogen) atoms. The first kappa shape index (κ1) is 26.9. The van der Waals surface area contributed by atoms with Crippen molar-refractivity contribution in [2.45, 2.75) is 19.4 Å². The highest BCUT2D eigenvalue weighted by Crippen LogP contribution is 2.28. The van der Waals surface area contributed by atoms with Crippen molar-refractivity contribution < 1.29 is 23.5 Å². The van der Waals surface area contributed by atoms with Crippen molar-refractivity contribution in [1.29, 1.82) is 0 Å². The molecule has 0 aliphatic heterocycles. The van der Waals surface area contributed by atoms with Crippen LogP contribution >= 0.6 is 11.8 Å². The third kappa shape index (κ3) is 6.61. The summed E-state index contributed by atoms with van der Waals surface area (Å²) in [5.41, 5.74) is 3.17. The first-order valence-electron chi connectivity index (χ1n) is 12.3. The van der Waals surface area contributed by atoms with Crippen LogP contribution in [0.25, 0.3) is 11.1 Å². The summed E-state index contributed by atoms with van der Waals surface area (Å²) in [4.78, 5) is 41.0. The SMILES string of the molecule is COC(=O)[C@H](C)N(C(=O)C(CSC(=O)c1ccccc1)Cc1ccco1)c1ccc(-c2ccccc2)cc1. The van der Waals surface area contributed by atoms with Gasteiger partial charge < -0.3 is 9.15 Å². The topological polar surface area (TPSA) is 76.8 Å². The Morgan fingerprint density at radius 3 is 2.08 bits per heavy atom. The number of carbonyl (C=O) groups is 3. The molecule has 194 valence electrons. The lowest BCUT2D eigenvalue weighted by atomic mass is 10.0. The summed E-state index contributed by atoms with van der Waals surface area (Å²) in [7, 11) is 1.30. The summed E-state index contributed by atoms with van der Waals surface area (Å²) in [6, 6.07) is 29.0. The summed E-state index contributed by atoms with van der Waals surface area (Å²) in [6.45, 7) is 1.64. The predicted octanol–water partition coefficient (Wildman–Crippen LogP) is 6.27. The maximum Gasteiger partial charge on any atom is 0.328 e. The maximum absolute atomic E-state index is 14.1. The highest BCUT2D eigenvalue weighted by Gasteiger charge is 2.34. The van der Waals surface area contributed by atoms with Gasteiger partial charge in [-0.25, -0.2) is 4.79 Å². The predicted molar refractivity (Wildman–Crippen MR) is 150 cm³/mol. The first-order valence-corrected chi connectivity index (χ1v) is 13.3. The van der Waals surface area contributed by atoms with Crippen molar-refractivity contribution in [3.63, 3.8) is 0 Å². The van der Waals surface area contributed by atoms with E-state index >= 15 is 0 Å². The van der Waals surface area contributed by atoms with Gasteiger partial charge in [-0.05, 0) is 42.3 Å². The van der Waals surface area contributed by atoms with Crippen LogP contribution in [0.2, 0.25) is 0 Å². The second-order valence-corrected chi connectivity index (χ2v) is 9.76. The van der Waals surface area contributed by atoms with E-state index in [1.54, 1.807) is 49.6 Å². The molecule has 4 aromatic rings. The van der Waals surface area contributed by atoms with Gasteiger partial charge in [0, 0.05) is 23.4 Å². The van der Waals surface area contributed by atoms with Gasteiger partial charge in [0.15, 0.2) is 0 Å². The molecule has 0 radical (unpaired) electrons. The number of hydrogen-bond donors (Lipinski definition) is 0. The Balaban J connectivity index is 1.63.